The third kappa shape index (κ3) is 3.81. The fourth-order valence-electron chi connectivity index (χ4n) is 4.17. The molecule has 0 spiro atoms. The number of imide groups is 1. The molecule has 2 aliphatic rings. The van der Waals surface area contributed by atoms with Gasteiger partial charge in [-0.25, -0.2) is 4.79 Å². The van der Waals surface area contributed by atoms with Crippen LogP contribution in [0.4, 0.5) is 10.5 Å². The van der Waals surface area contributed by atoms with Crippen LogP contribution in [0.25, 0.3) is 0 Å². The lowest BCUT2D eigenvalue weighted by Crippen LogP contribution is -2.51. The van der Waals surface area contributed by atoms with Gasteiger partial charge in [-0.05, 0) is 56.0 Å². The quantitative estimate of drug-likeness (QED) is 0.722. The van der Waals surface area contributed by atoms with Gasteiger partial charge in [-0.3, -0.25) is 15.0 Å². The Labute approximate surface area is 181 Å². The molecule has 4 rings (SSSR count). The fraction of sp³-hybridized carbons (Fsp3) is 0.348. The van der Waals surface area contributed by atoms with Gasteiger partial charge in [0, 0.05) is 12.2 Å². The third-order valence-electron chi connectivity index (χ3n) is 5.86. The lowest BCUT2D eigenvalue weighted by atomic mass is 9.92. The number of fused-ring (bicyclic) bond motifs is 1. The minimum atomic E-state index is -1.30. The summed E-state index contributed by atoms with van der Waals surface area (Å²) in [6.45, 7) is 4.45. The largest absolute Gasteiger partial charge is 0.497 e. The van der Waals surface area contributed by atoms with Crippen molar-refractivity contribution in [1.29, 1.82) is 0 Å². The molecule has 1 saturated heterocycles. The van der Waals surface area contributed by atoms with E-state index in [0.29, 0.717) is 11.3 Å². The molecule has 0 unspecified atom stereocenters. The number of carbonyl (C=O) groups excluding carboxylic acids is 3. The van der Waals surface area contributed by atoms with E-state index in [1.807, 2.05) is 24.0 Å². The van der Waals surface area contributed by atoms with Gasteiger partial charge in [0.25, 0.3) is 11.8 Å². The number of benzene rings is 2. The van der Waals surface area contributed by atoms with Crippen LogP contribution >= 0.6 is 0 Å². The van der Waals surface area contributed by atoms with Crippen molar-refractivity contribution in [3.63, 3.8) is 0 Å². The van der Waals surface area contributed by atoms with Crippen molar-refractivity contribution in [3.05, 3.63) is 59.2 Å². The molecule has 2 N–H and O–H groups in total. The summed E-state index contributed by atoms with van der Waals surface area (Å²) in [7, 11) is 1.53. The van der Waals surface area contributed by atoms with Crippen molar-refractivity contribution >= 4 is 23.5 Å². The van der Waals surface area contributed by atoms with Gasteiger partial charge in [0.05, 0.1) is 13.7 Å². The first kappa shape index (κ1) is 20.7. The maximum absolute atomic E-state index is 13.1. The zero-order valence-electron chi connectivity index (χ0n) is 17.9. The summed E-state index contributed by atoms with van der Waals surface area (Å²) in [6.07, 6.45) is 1.92. The molecule has 31 heavy (non-hydrogen) atoms. The molecule has 8 nitrogen and oxygen atoms in total. The van der Waals surface area contributed by atoms with Crippen LogP contribution < -0.4 is 20.4 Å². The molecule has 2 heterocycles. The number of hydrogen-bond acceptors (Lipinski definition) is 5. The second-order valence-electron chi connectivity index (χ2n) is 8.12. The Hall–Kier alpha value is -3.55. The SMILES string of the molecule is COc1cccc([C@]2(C)NC(=O)N(NC(=O)CN3CCCc4cc(C)ccc43)C2=O)c1. The predicted molar refractivity (Wildman–Crippen MR) is 116 cm³/mol. The Kier molecular flexibility index (Phi) is 5.31. The van der Waals surface area contributed by atoms with Gasteiger partial charge in [-0.15, -0.1) is 0 Å². The zero-order valence-corrected chi connectivity index (χ0v) is 17.9. The van der Waals surface area contributed by atoms with E-state index in [-0.39, 0.29) is 6.54 Å². The van der Waals surface area contributed by atoms with E-state index >= 15 is 0 Å². The molecule has 0 aliphatic carbocycles. The highest BCUT2D eigenvalue weighted by molar-refractivity contribution is 6.08. The maximum atomic E-state index is 13.1. The number of anilines is 1. The number of urea groups is 1. The van der Waals surface area contributed by atoms with E-state index in [4.69, 9.17) is 4.74 Å². The number of methoxy groups -OCH3 is 1. The maximum Gasteiger partial charge on any atom is 0.344 e. The highest BCUT2D eigenvalue weighted by Crippen LogP contribution is 2.30. The summed E-state index contributed by atoms with van der Waals surface area (Å²) in [5.41, 5.74) is 5.16. The van der Waals surface area contributed by atoms with Crippen LogP contribution in [0.15, 0.2) is 42.5 Å². The van der Waals surface area contributed by atoms with E-state index in [0.717, 1.165) is 30.1 Å². The minimum Gasteiger partial charge on any atom is -0.497 e. The zero-order chi connectivity index (χ0) is 22.2. The molecule has 0 bridgehead atoms. The van der Waals surface area contributed by atoms with Crippen LogP contribution in [0.3, 0.4) is 0 Å². The first-order valence-corrected chi connectivity index (χ1v) is 10.3. The lowest BCUT2D eigenvalue weighted by Gasteiger charge is -2.31. The van der Waals surface area contributed by atoms with Crippen molar-refractivity contribution in [3.8, 4) is 5.75 Å². The molecule has 0 radical (unpaired) electrons. The number of rotatable bonds is 5. The van der Waals surface area contributed by atoms with Crippen LogP contribution in [0, 0.1) is 6.92 Å². The van der Waals surface area contributed by atoms with Gasteiger partial charge in [0.1, 0.15) is 11.3 Å². The van der Waals surface area contributed by atoms with E-state index in [1.54, 1.807) is 31.2 Å². The molecule has 2 aromatic rings. The predicted octanol–water partition coefficient (Wildman–Crippen LogP) is 2.25. The average molecular weight is 422 g/mol. The van der Waals surface area contributed by atoms with Crippen molar-refractivity contribution in [2.24, 2.45) is 0 Å². The Balaban J connectivity index is 1.48. The summed E-state index contributed by atoms with van der Waals surface area (Å²) in [6, 6.07) is 12.4. The molecule has 2 aliphatic heterocycles. The number of nitrogens with one attached hydrogen (secondary N) is 2. The van der Waals surface area contributed by atoms with Crippen molar-refractivity contribution in [2.45, 2.75) is 32.2 Å². The van der Waals surface area contributed by atoms with Gasteiger partial charge >= 0.3 is 6.03 Å². The molecule has 2 aromatic carbocycles. The van der Waals surface area contributed by atoms with Gasteiger partial charge in [0.2, 0.25) is 0 Å². The molecule has 162 valence electrons. The number of nitrogens with zero attached hydrogens (tertiary/aromatic N) is 2. The summed E-state index contributed by atoms with van der Waals surface area (Å²) in [5.74, 6) is -0.400. The molecule has 1 fully saturated rings. The monoisotopic (exact) mass is 422 g/mol. The van der Waals surface area contributed by atoms with E-state index < -0.39 is 23.4 Å². The number of amides is 4. The van der Waals surface area contributed by atoms with Gasteiger partial charge in [-0.2, -0.15) is 5.01 Å². The standard InChI is InChI=1S/C23H26N4O4/c1-15-9-10-19-16(12-15)6-5-11-26(19)14-20(28)25-27-21(29)23(2,24-22(27)30)17-7-4-8-18(13-17)31-3/h4,7-10,12-13H,5-6,11,14H2,1-3H3,(H,24,30)(H,25,28)/t23-/m0/s1. The number of hydrazine groups is 1. The highest BCUT2D eigenvalue weighted by Gasteiger charge is 2.50. The van der Waals surface area contributed by atoms with Crippen LogP contribution in [0.2, 0.25) is 0 Å². The van der Waals surface area contributed by atoms with Gasteiger partial charge in [-0.1, -0.05) is 29.8 Å². The molecule has 4 amide bonds. The van der Waals surface area contributed by atoms with Crippen LogP contribution in [-0.4, -0.2) is 43.1 Å². The Morgan fingerprint density at radius 1 is 1.23 bits per heavy atom. The number of aryl methyl sites for hydroxylation is 2. The van der Waals surface area contributed by atoms with E-state index in [2.05, 4.69) is 16.8 Å². The topological polar surface area (TPSA) is 91.0 Å². The highest BCUT2D eigenvalue weighted by atomic mass is 16.5. The Morgan fingerprint density at radius 3 is 2.81 bits per heavy atom. The minimum absolute atomic E-state index is 0.0585. The second kappa shape index (κ2) is 7.94. The molecular formula is C23H26N4O4. The molecule has 0 saturated carbocycles. The molecule has 8 heteroatoms. The van der Waals surface area contributed by atoms with Crippen molar-refractivity contribution < 1.29 is 19.1 Å². The average Bonchev–Trinajstić information content (AvgIpc) is 2.97. The Morgan fingerprint density at radius 2 is 2.03 bits per heavy atom. The van der Waals surface area contributed by atoms with Crippen molar-refractivity contribution in [2.75, 3.05) is 25.1 Å². The number of hydrogen-bond donors (Lipinski definition) is 2. The number of carbonyl (C=O) groups is 3. The first-order chi connectivity index (χ1) is 14.8. The van der Waals surface area contributed by atoms with Gasteiger partial charge < -0.3 is 15.0 Å². The van der Waals surface area contributed by atoms with Crippen LogP contribution in [0.5, 0.6) is 5.75 Å². The van der Waals surface area contributed by atoms with Crippen molar-refractivity contribution in [1.82, 2.24) is 15.8 Å². The normalized spacial score (nSPS) is 20.4. The van der Waals surface area contributed by atoms with Crippen LogP contribution in [-0.2, 0) is 21.5 Å². The summed E-state index contributed by atoms with van der Waals surface area (Å²) < 4.78 is 5.22. The molecule has 0 aromatic heterocycles. The number of ether oxygens (including phenoxy) is 1. The smallest absolute Gasteiger partial charge is 0.344 e. The fourth-order valence-corrected chi connectivity index (χ4v) is 4.17. The Bertz CT molecular complexity index is 1050. The second-order valence-corrected chi connectivity index (χ2v) is 8.12. The summed E-state index contributed by atoms with van der Waals surface area (Å²) in [4.78, 5) is 40.3. The van der Waals surface area contributed by atoms with Crippen LogP contribution in [0.1, 0.15) is 30.0 Å². The third-order valence-corrected chi connectivity index (χ3v) is 5.86. The summed E-state index contributed by atoms with van der Waals surface area (Å²) in [5, 5.41) is 3.45. The molecular weight excluding hydrogens is 396 g/mol. The van der Waals surface area contributed by atoms with E-state index in [9.17, 15) is 14.4 Å². The first-order valence-electron chi connectivity index (χ1n) is 10.3. The summed E-state index contributed by atoms with van der Waals surface area (Å²) >= 11 is 0. The molecule has 1 atom stereocenters. The van der Waals surface area contributed by atoms with E-state index in [1.165, 1.54) is 18.2 Å². The van der Waals surface area contributed by atoms with Gasteiger partial charge in [0.15, 0.2) is 0 Å². The lowest BCUT2D eigenvalue weighted by molar-refractivity contribution is -0.138.